The number of anilines is 1. The number of methoxy groups -OCH3 is 1. The molecule has 0 bridgehead atoms. The van der Waals surface area contributed by atoms with Gasteiger partial charge in [-0.25, -0.2) is 0 Å². The summed E-state index contributed by atoms with van der Waals surface area (Å²) in [4.78, 5) is 11.9. The van der Waals surface area contributed by atoms with Crippen LogP contribution in [-0.4, -0.2) is 13.0 Å². The van der Waals surface area contributed by atoms with Crippen molar-refractivity contribution in [2.45, 2.75) is 19.9 Å². The second-order valence-electron chi connectivity index (χ2n) is 4.97. The Morgan fingerprint density at radius 2 is 1.86 bits per heavy atom. The molecule has 0 aliphatic carbocycles. The normalized spacial score (nSPS) is 11.8. The van der Waals surface area contributed by atoms with Gasteiger partial charge in [-0.05, 0) is 42.7 Å². The molecular formula is C17H20N2O2. The highest BCUT2D eigenvalue weighted by atomic mass is 16.5. The van der Waals surface area contributed by atoms with E-state index in [1.165, 1.54) is 0 Å². The number of hydrogen-bond acceptors (Lipinski definition) is 3. The summed E-state index contributed by atoms with van der Waals surface area (Å²) < 4.78 is 5.30. The molecule has 4 nitrogen and oxygen atoms in total. The van der Waals surface area contributed by atoms with E-state index in [0.717, 1.165) is 22.4 Å². The van der Waals surface area contributed by atoms with Crippen LogP contribution in [0.15, 0.2) is 42.5 Å². The van der Waals surface area contributed by atoms with E-state index in [4.69, 9.17) is 10.5 Å². The Morgan fingerprint density at radius 3 is 2.52 bits per heavy atom. The summed E-state index contributed by atoms with van der Waals surface area (Å²) >= 11 is 0. The minimum Gasteiger partial charge on any atom is -0.495 e. The summed E-state index contributed by atoms with van der Waals surface area (Å²) in [6, 6.07) is 12.7. The summed E-state index contributed by atoms with van der Waals surface area (Å²) in [5.74, 6) is 0.253. The van der Waals surface area contributed by atoms with Crippen LogP contribution >= 0.6 is 0 Å². The van der Waals surface area contributed by atoms with Crippen LogP contribution in [0.2, 0.25) is 0 Å². The van der Waals surface area contributed by atoms with E-state index in [0.29, 0.717) is 5.75 Å². The molecule has 2 rings (SSSR count). The smallest absolute Gasteiger partial charge is 0.244 e. The van der Waals surface area contributed by atoms with Gasteiger partial charge in [0, 0.05) is 0 Å². The molecule has 1 amide bonds. The van der Waals surface area contributed by atoms with Crippen molar-refractivity contribution in [1.29, 1.82) is 0 Å². The first kappa shape index (κ1) is 14.9. The van der Waals surface area contributed by atoms with E-state index in [1.807, 2.05) is 56.3 Å². The predicted octanol–water partition coefficient (Wildman–Crippen LogP) is 2.95. The fourth-order valence-corrected chi connectivity index (χ4v) is 2.31. The molecule has 0 heterocycles. The lowest BCUT2D eigenvalue weighted by Crippen LogP contribution is -2.28. The number of aryl methyl sites for hydroxylation is 1. The van der Waals surface area contributed by atoms with Gasteiger partial charge >= 0.3 is 0 Å². The second-order valence-corrected chi connectivity index (χ2v) is 4.97. The molecule has 110 valence electrons. The van der Waals surface area contributed by atoms with Gasteiger partial charge in [-0.15, -0.1) is 0 Å². The van der Waals surface area contributed by atoms with Crippen molar-refractivity contribution in [2.24, 2.45) is 5.73 Å². The summed E-state index contributed by atoms with van der Waals surface area (Å²) in [5, 5.41) is 3.18. The molecule has 2 aromatic rings. The highest BCUT2D eigenvalue weighted by Gasteiger charge is 2.21. The average Bonchev–Trinajstić information content (AvgIpc) is 2.48. The minimum atomic E-state index is -0.596. The number of primary amides is 1. The lowest BCUT2D eigenvalue weighted by atomic mass is 9.97. The van der Waals surface area contributed by atoms with Crippen molar-refractivity contribution in [3.05, 3.63) is 59.2 Å². The van der Waals surface area contributed by atoms with Crippen molar-refractivity contribution in [1.82, 2.24) is 0 Å². The molecule has 0 spiro atoms. The van der Waals surface area contributed by atoms with Crippen molar-refractivity contribution >= 4 is 11.6 Å². The Labute approximate surface area is 124 Å². The molecule has 0 aliphatic heterocycles. The quantitative estimate of drug-likeness (QED) is 0.887. The van der Waals surface area contributed by atoms with Gasteiger partial charge in [0.15, 0.2) is 0 Å². The zero-order chi connectivity index (χ0) is 15.4. The highest BCUT2D eigenvalue weighted by Crippen LogP contribution is 2.29. The Kier molecular flexibility index (Phi) is 4.48. The predicted molar refractivity (Wildman–Crippen MR) is 84.5 cm³/mol. The van der Waals surface area contributed by atoms with Gasteiger partial charge < -0.3 is 15.8 Å². The number of amides is 1. The number of benzene rings is 2. The fraction of sp³-hybridized carbons (Fsp3) is 0.235. The van der Waals surface area contributed by atoms with Gasteiger partial charge in [0.25, 0.3) is 0 Å². The standard InChI is InChI=1S/C17H20N2O2/c1-11-7-6-8-13(12(11)2)16(17(18)20)19-14-9-4-5-10-15(14)21-3/h4-10,16,19H,1-3H3,(H2,18,20). The lowest BCUT2D eigenvalue weighted by molar-refractivity contribution is -0.118. The third-order valence-corrected chi connectivity index (χ3v) is 3.65. The van der Waals surface area contributed by atoms with E-state index in [1.54, 1.807) is 7.11 Å². The number of ether oxygens (including phenoxy) is 1. The number of para-hydroxylation sites is 2. The Morgan fingerprint density at radius 1 is 1.14 bits per heavy atom. The SMILES string of the molecule is COc1ccccc1NC(C(N)=O)c1cccc(C)c1C. The molecule has 2 aromatic carbocycles. The molecule has 0 radical (unpaired) electrons. The highest BCUT2D eigenvalue weighted by molar-refractivity contribution is 5.85. The molecule has 0 saturated carbocycles. The zero-order valence-corrected chi connectivity index (χ0v) is 12.5. The number of carbonyl (C=O) groups is 1. The molecule has 1 atom stereocenters. The molecule has 0 saturated heterocycles. The Hall–Kier alpha value is -2.49. The molecule has 4 heteroatoms. The molecule has 21 heavy (non-hydrogen) atoms. The second kappa shape index (κ2) is 6.31. The van der Waals surface area contributed by atoms with Crippen LogP contribution in [0, 0.1) is 13.8 Å². The maximum atomic E-state index is 11.9. The van der Waals surface area contributed by atoms with Gasteiger partial charge in [-0.1, -0.05) is 30.3 Å². The van der Waals surface area contributed by atoms with Gasteiger partial charge in [0.05, 0.1) is 12.8 Å². The van der Waals surface area contributed by atoms with Gasteiger partial charge in [-0.3, -0.25) is 4.79 Å². The first-order valence-electron chi connectivity index (χ1n) is 6.79. The van der Waals surface area contributed by atoms with E-state index >= 15 is 0 Å². The molecular weight excluding hydrogens is 264 g/mol. The van der Waals surface area contributed by atoms with Crippen molar-refractivity contribution in [3.63, 3.8) is 0 Å². The largest absolute Gasteiger partial charge is 0.495 e. The summed E-state index contributed by atoms with van der Waals surface area (Å²) in [5.41, 5.74) is 9.39. The minimum absolute atomic E-state index is 0.422. The first-order valence-corrected chi connectivity index (χ1v) is 6.79. The maximum Gasteiger partial charge on any atom is 0.244 e. The van der Waals surface area contributed by atoms with Crippen LogP contribution in [0.5, 0.6) is 5.75 Å². The molecule has 3 N–H and O–H groups in total. The van der Waals surface area contributed by atoms with Gasteiger partial charge in [-0.2, -0.15) is 0 Å². The van der Waals surface area contributed by atoms with E-state index in [2.05, 4.69) is 5.32 Å². The van der Waals surface area contributed by atoms with E-state index in [-0.39, 0.29) is 0 Å². The number of hydrogen-bond donors (Lipinski definition) is 2. The molecule has 0 aromatic heterocycles. The number of nitrogens with one attached hydrogen (secondary N) is 1. The van der Waals surface area contributed by atoms with E-state index in [9.17, 15) is 4.79 Å². The van der Waals surface area contributed by atoms with Crippen LogP contribution < -0.4 is 15.8 Å². The summed E-state index contributed by atoms with van der Waals surface area (Å²) in [6.45, 7) is 4.00. The third-order valence-electron chi connectivity index (χ3n) is 3.65. The monoisotopic (exact) mass is 284 g/mol. The van der Waals surface area contributed by atoms with Gasteiger partial charge in [0.2, 0.25) is 5.91 Å². The number of carbonyl (C=O) groups excluding carboxylic acids is 1. The number of nitrogens with two attached hydrogens (primary N) is 1. The van der Waals surface area contributed by atoms with Crippen LogP contribution in [-0.2, 0) is 4.79 Å². The van der Waals surface area contributed by atoms with Crippen molar-refractivity contribution in [2.75, 3.05) is 12.4 Å². The molecule has 1 unspecified atom stereocenters. The van der Waals surface area contributed by atoms with E-state index < -0.39 is 11.9 Å². The van der Waals surface area contributed by atoms with Gasteiger partial charge in [0.1, 0.15) is 11.8 Å². The number of rotatable bonds is 5. The molecule has 0 aliphatic rings. The zero-order valence-electron chi connectivity index (χ0n) is 12.5. The van der Waals surface area contributed by atoms with Crippen molar-refractivity contribution < 1.29 is 9.53 Å². The van der Waals surface area contributed by atoms with Crippen molar-refractivity contribution in [3.8, 4) is 5.75 Å². The van der Waals surface area contributed by atoms with Crippen LogP contribution in [0.4, 0.5) is 5.69 Å². The van der Waals surface area contributed by atoms with Crippen LogP contribution in [0.3, 0.4) is 0 Å². The summed E-state index contributed by atoms with van der Waals surface area (Å²) in [7, 11) is 1.59. The first-order chi connectivity index (χ1) is 10.0. The molecule has 0 fully saturated rings. The van der Waals surface area contributed by atoms with Crippen LogP contribution in [0.25, 0.3) is 0 Å². The topological polar surface area (TPSA) is 64.3 Å². The average molecular weight is 284 g/mol. The Bertz CT molecular complexity index is 653. The summed E-state index contributed by atoms with van der Waals surface area (Å²) in [6.07, 6.45) is 0. The fourth-order valence-electron chi connectivity index (χ4n) is 2.31. The lowest BCUT2D eigenvalue weighted by Gasteiger charge is -2.21. The van der Waals surface area contributed by atoms with Crippen LogP contribution in [0.1, 0.15) is 22.7 Å². The maximum absolute atomic E-state index is 11.9. The Balaban J connectivity index is 2.41. The third kappa shape index (κ3) is 3.16.